The van der Waals surface area contributed by atoms with Gasteiger partial charge in [0.1, 0.15) is 23.8 Å². The van der Waals surface area contributed by atoms with Crippen molar-refractivity contribution in [3.63, 3.8) is 0 Å². The molecule has 44 heavy (non-hydrogen) atoms. The minimum atomic E-state index is -0.450. The lowest BCUT2D eigenvalue weighted by Gasteiger charge is -2.42. The van der Waals surface area contributed by atoms with E-state index in [4.69, 9.17) is 9.72 Å². The number of thioether (sulfide) groups is 1. The smallest absolute Gasteiger partial charge is 0.246 e. The lowest BCUT2D eigenvalue weighted by Crippen LogP contribution is -2.55. The largest absolute Gasteiger partial charge is 0.475 e. The Morgan fingerprint density at radius 1 is 1.18 bits per heavy atom. The highest BCUT2D eigenvalue weighted by atomic mass is 32.2. The van der Waals surface area contributed by atoms with E-state index in [-0.39, 0.29) is 35.3 Å². The van der Waals surface area contributed by atoms with Crippen LogP contribution in [0, 0.1) is 28.5 Å². The van der Waals surface area contributed by atoms with Gasteiger partial charge in [-0.2, -0.15) is 10.5 Å². The third kappa shape index (κ3) is 5.49. The van der Waals surface area contributed by atoms with E-state index in [0.29, 0.717) is 42.9 Å². The van der Waals surface area contributed by atoms with E-state index in [1.165, 1.54) is 11.0 Å². The molecule has 3 aliphatic rings. The average Bonchev–Trinajstić information content (AvgIpc) is 3.47. The van der Waals surface area contributed by atoms with Crippen LogP contribution in [0.3, 0.4) is 0 Å². The summed E-state index contributed by atoms with van der Waals surface area (Å²) in [5.74, 6) is 0.468. The Labute approximate surface area is 261 Å². The van der Waals surface area contributed by atoms with Gasteiger partial charge in [0.15, 0.2) is 5.82 Å². The molecule has 0 aliphatic carbocycles. The molecule has 1 aromatic heterocycles. The molecule has 6 rings (SSSR count). The van der Waals surface area contributed by atoms with Gasteiger partial charge in [-0.1, -0.05) is 24.8 Å². The van der Waals surface area contributed by atoms with Gasteiger partial charge in [-0.15, -0.1) is 11.8 Å². The van der Waals surface area contributed by atoms with Gasteiger partial charge < -0.3 is 19.4 Å². The third-order valence-corrected chi connectivity index (χ3v) is 10.3. The van der Waals surface area contributed by atoms with Gasteiger partial charge in [-0.05, 0) is 74.4 Å². The molecule has 2 atom stereocenters. The van der Waals surface area contributed by atoms with Crippen molar-refractivity contribution >= 4 is 34.3 Å². The Balaban J connectivity index is 1.49. The first kappa shape index (κ1) is 29.9. The maximum atomic E-state index is 16.8. The molecule has 4 heterocycles. The molecule has 0 bridgehead atoms. The minimum Gasteiger partial charge on any atom is -0.475 e. The van der Waals surface area contributed by atoms with Crippen LogP contribution in [0.4, 0.5) is 10.1 Å². The summed E-state index contributed by atoms with van der Waals surface area (Å²) in [4.78, 5) is 24.3. The molecular weight excluding hydrogens is 575 g/mol. The molecule has 0 unspecified atom stereocenters. The SMILES string of the molecule is C=CC(=O)N1CCN(c2c(C#N)c(OC[C@@H]3CCCN3C)nc3c(F)c(-c4cccc5c4CCCS5)ccc23)C[C@@H]1CC#N. The maximum Gasteiger partial charge on any atom is 0.246 e. The Hall–Kier alpha value is -4.12. The molecule has 3 aliphatic heterocycles. The molecule has 0 spiro atoms. The summed E-state index contributed by atoms with van der Waals surface area (Å²) in [5, 5.41) is 20.5. The fourth-order valence-electron chi connectivity index (χ4n) is 6.75. The second-order valence-corrected chi connectivity index (χ2v) is 12.7. The lowest BCUT2D eigenvalue weighted by molar-refractivity contribution is -0.128. The van der Waals surface area contributed by atoms with E-state index < -0.39 is 11.9 Å². The van der Waals surface area contributed by atoms with Gasteiger partial charge in [-0.25, -0.2) is 9.37 Å². The average molecular weight is 611 g/mol. The maximum absolute atomic E-state index is 16.8. The van der Waals surface area contributed by atoms with Gasteiger partial charge in [0.05, 0.1) is 24.2 Å². The number of fused-ring (bicyclic) bond motifs is 2. The van der Waals surface area contributed by atoms with E-state index in [9.17, 15) is 15.3 Å². The van der Waals surface area contributed by atoms with Crippen LogP contribution in [-0.4, -0.2) is 78.4 Å². The lowest BCUT2D eigenvalue weighted by atomic mass is 9.94. The van der Waals surface area contributed by atoms with E-state index >= 15 is 4.39 Å². The zero-order chi connectivity index (χ0) is 30.8. The van der Waals surface area contributed by atoms with Crippen LogP contribution in [0.2, 0.25) is 0 Å². The van der Waals surface area contributed by atoms with Gasteiger partial charge in [-0.3, -0.25) is 4.79 Å². The first-order valence-electron chi connectivity index (χ1n) is 15.1. The predicted molar refractivity (Wildman–Crippen MR) is 170 cm³/mol. The highest BCUT2D eigenvalue weighted by Crippen LogP contribution is 2.42. The third-order valence-electron chi connectivity index (χ3n) is 9.07. The number of amides is 1. The number of anilines is 1. The Kier molecular flexibility index (Phi) is 8.74. The number of nitrogens with zero attached hydrogens (tertiary/aromatic N) is 6. The zero-order valence-corrected chi connectivity index (χ0v) is 25.7. The van der Waals surface area contributed by atoms with Crippen molar-refractivity contribution in [1.82, 2.24) is 14.8 Å². The van der Waals surface area contributed by atoms with Gasteiger partial charge >= 0.3 is 0 Å². The number of aromatic nitrogens is 1. The molecule has 0 saturated carbocycles. The monoisotopic (exact) mass is 610 g/mol. The molecule has 226 valence electrons. The number of pyridine rings is 1. The summed E-state index contributed by atoms with van der Waals surface area (Å²) < 4.78 is 23.0. The number of halogens is 1. The molecule has 8 nitrogen and oxygen atoms in total. The first-order chi connectivity index (χ1) is 21.4. The number of carbonyl (C=O) groups is 1. The minimum absolute atomic E-state index is 0.110. The highest BCUT2D eigenvalue weighted by molar-refractivity contribution is 7.99. The van der Waals surface area contributed by atoms with Crippen LogP contribution in [0.1, 0.15) is 36.8 Å². The normalized spacial score (nSPS) is 20.2. The van der Waals surface area contributed by atoms with Gasteiger partial charge in [0, 0.05) is 41.5 Å². The van der Waals surface area contributed by atoms with Crippen LogP contribution in [0.15, 0.2) is 47.9 Å². The predicted octanol–water partition coefficient (Wildman–Crippen LogP) is 5.54. The number of rotatable bonds is 7. The van der Waals surface area contributed by atoms with Crippen LogP contribution >= 0.6 is 11.8 Å². The summed E-state index contributed by atoms with van der Waals surface area (Å²) >= 11 is 1.80. The van der Waals surface area contributed by atoms with E-state index in [1.807, 2.05) is 23.1 Å². The fourth-order valence-corrected chi connectivity index (χ4v) is 7.82. The van der Waals surface area contributed by atoms with Crippen molar-refractivity contribution in [2.24, 2.45) is 0 Å². The number of hydrogen-bond acceptors (Lipinski definition) is 8. The van der Waals surface area contributed by atoms with Crippen LogP contribution in [0.25, 0.3) is 22.0 Å². The van der Waals surface area contributed by atoms with Crippen molar-refractivity contribution in [2.45, 2.75) is 49.1 Å². The number of likely N-dealkylation sites (tertiary alicyclic amines) is 1. The summed E-state index contributed by atoms with van der Waals surface area (Å²) in [7, 11) is 2.05. The molecule has 10 heteroatoms. The standard InChI is InChI=1S/C34H35FN6O2S/c1-3-30(42)41-17-16-40(20-22(41)13-14-36)33-27-12-11-26(24-8-4-10-29-25(24)9-6-18-44-29)31(35)32(27)38-34(28(33)19-37)43-21-23-7-5-15-39(23)2/h3-4,8,10-12,22-23H,1,5-7,9,13,15-18,20-21H2,2H3/t22-,23-/m0/s1. The van der Waals surface area contributed by atoms with Crippen LogP contribution in [-0.2, 0) is 11.2 Å². The van der Waals surface area contributed by atoms with Crippen molar-refractivity contribution < 1.29 is 13.9 Å². The zero-order valence-electron chi connectivity index (χ0n) is 24.9. The van der Waals surface area contributed by atoms with Crippen LogP contribution in [0.5, 0.6) is 5.88 Å². The van der Waals surface area contributed by atoms with E-state index in [2.05, 4.69) is 36.7 Å². The quantitative estimate of drug-likeness (QED) is 0.322. The van der Waals surface area contributed by atoms with Gasteiger partial charge in [0.2, 0.25) is 11.8 Å². The molecule has 2 fully saturated rings. The second-order valence-electron chi connectivity index (χ2n) is 11.6. The Morgan fingerprint density at radius 3 is 2.80 bits per heavy atom. The first-order valence-corrected chi connectivity index (χ1v) is 16.1. The molecule has 0 N–H and O–H groups in total. The number of piperazine rings is 1. The molecular formula is C34H35FN6O2S. The fraction of sp³-hybridized carbons (Fsp3) is 0.412. The topological polar surface area (TPSA) is 96.5 Å². The number of benzene rings is 2. The number of ether oxygens (including phenoxy) is 1. The van der Waals surface area contributed by atoms with Crippen molar-refractivity contribution in [3.05, 3.63) is 59.9 Å². The van der Waals surface area contributed by atoms with Crippen molar-refractivity contribution in [3.8, 4) is 29.1 Å². The second kappa shape index (κ2) is 12.9. The summed E-state index contributed by atoms with van der Waals surface area (Å²) in [5.41, 5.74) is 3.40. The van der Waals surface area contributed by atoms with Crippen molar-refractivity contribution in [1.29, 1.82) is 10.5 Å². The van der Waals surface area contributed by atoms with E-state index in [1.54, 1.807) is 22.7 Å². The molecule has 3 aromatic rings. The molecule has 2 saturated heterocycles. The van der Waals surface area contributed by atoms with E-state index in [0.717, 1.165) is 49.1 Å². The number of carbonyl (C=O) groups excluding carboxylic acids is 1. The Morgan fingerprint density at radius 2 is 2.05 bits per heavy atom. The molecule has 1 amide bonds. The van der Waals surface area contributed by atoms with Crippen molar-refractivity contribution in [2.75, 3.05) is 50.5 Å². The summed E-state index contributed by atoms with van der Waals surface area (Å²) in [6, 6.07) is 13.9. The molecule has 2 aromatic carbocycles. The summed E-state index contributed by atoms with van der Waals surface area (Å²) in [6.07, 6.45) is 5.34. The molecule has 0 radical (unpaired) electrons. The number of nitriles is 2. The van der Waals surface area contributed by atoms with Crippen LogP contribution < -0.4 is 9.64 Å². The van der Waals surface area contributed by atoms with Gasteiger partial charge in [0.25, 0.3) is 0 Å². The summed E-state index contributed by atoms with van der Waals surface area (Å²) in [6.45, 7) is 5.96. The number of likely N-dealkylation sites (N-methyl/N-ethyl adjacent to an activating group) is 1. The number of hydrogen-bond donors (Lipinski definition) is 0. The Bertz CT molecular complexity index is 1700. The highest BCUT2D eigenvalue weighted by Gasteiger charge is 2.33.